The Bertz CT molecular complexity index is 381. The number of carbonyl (C=O) groups excluding carboxylic acids is 1. The maximum Gasteiger partial charge on any atom is 0.414 e. The minimum absolute atomic E-state index is 0.0327. The highest BCUT2D eigenvalue weighted by Gasteiger charge is 2.23. The fourth-order valence-corrected chi connectivity index (χ4v) is 1.79. The molecule has 0 saturated heterocycles. The highest BCUT2D eigenvalue weighted by atomic mass is 16.6. The number of hydrogen-bond donors (Lipinski definition) is 1. The predicted molar refractivity (Wildman–Crippen MR) is 58.3 cm³/mol. The number of aliphatic hydroxyl groups excluding tert-OH is 1. The van der Waals surface area contributed by atoms with Crippen LogP contribution in [0.5, 0.6) is 0 Å². The molecule has 0 aliphatic carbocycles. The summed E-state index contributed by atoms with van der Waals surface area (Å²) < 4.78 is 4.90. The molecule has 1 aliphatic rings. The van der Waals surface area contributed by atoms with Crippen LogP contribution in [-0.4, -0.2) is 35.9 Å². The number of aliphatic hydroxyl groups is 1. The van der Waals surface area contributed by atoms with Crippen LogP contribution in [-0.2, 0) is 11.2 Å². The summed E-state index contributed by atoms with van der Waals surface area (Å²) in [5.41, 5.74) is 1.74. The Morgan fingerprint density at radius 1 is 1.62 bits per heavy atom. The molecule has 0 saturated carbocycles. The van der Waals surface area contributed by atoms with Gasteiger partial charge in [0.25, 0.3) is 0 Å². The van der Waals surface area contributed by atoms with Crippen molar-refractivity contribution in [1.29, 1.82) is 0 Å². The first-order chi connectivity index (χ1) is 7.83. The van der Waals surface area contributed by atoms with Crippen LogP contribution in [0.4, 0.5) is 10.5 Å². The van der Waals surface area contributed by atoms with Crippen molar-refractivity contribution < 1.29 is 14.6 Å². The molecule has 0 spiro atoms. The van der Waals surface area contributed by atoms with E-state index in [-0.39, 0.29) is 13.2 Å². The van der Waals surface area contributed by atoms with Gasteiger partial charge in [-0.1, -0.05) is 0 Å². The van der Waals surface area contributed by atoms with E-state index in [9.17, 15) is 4.79 Å². The van der Waals surface area contributed by atoms with Gasteiger partial charge in [0.1, 0.15) is 6.61 Å². The van der Waals surface area contributed by atoms with Gasteiger partial charge in [-0.05, 0) is 25.0 Å². The van der Waals surface area contributed by atoms with Gasteiger partial charge in [-0.25, -0.2) is 4.79 Å². The number of rotatable bonds is 2. The first-order valence-corrected chi connectivity index (χ1v) is 5.32. The number of nitrogens with zero attached hydrogens (tertiary/aromatic N) is 2. The third kappa shape index (κ3) is 2.14. The van der Waals surface area contributed by atoms with Gasteiger partial charge >= 0.3 is 6.09 Å². The Kier molecular flexibility index (Phi) is 3.36. The van der Waals surface area contributed by atoms with Crippen molar-refractivity contribution >= 4 is 11.8 Å². The van der Waals surface area contributed by atoms with Crippen molar-refractivity contribution in [2.24, 2.45) is 0 Å². The summed E-state index contributed by atoms with van der Waals surface area (Å²) in [6.07, 6.45) is 3.09. The minimum Gasteiger partial charge on any atom is -0.447 e. The first kappa shape index (κ1) is 10.9. The monoisotopic (exact) mass is 222 g/mol. The smallest absolute Gasteiger partial charge is 0.414 e. The second-order valence-corrected chi connectivity index (χ2v) is 3.56. The molecule has 0 aromatic carbocycles. The Balaban J connectivity index is 2.15. The van der Waals surface area contributed by atoms with Crippen molar-refractivity contribution in [3.05, 3.63) is 24.0 Å². The van der Waals surface area contributed by atoms with Crippen LogP contribution in [0.3, 0.4) is 0 Å². The molecule has 5 heteroatoms. The topological polar surface area (TPSA) is 62.7 Å². The van der Waals surface area contributed by atoms with Crippen LogP contribution in [0.15, 0.2) is 18.3 Å². The summed E-state index contributed by atoms with van der Waals surface area (Å²) in [5.74, 6) is 0. The average molecular weight is 222 g/mol. The molecule has 0 unspecified atom stereocenters. The Hall–Kier alpha value is -1.62. The van der Waals surface area contributed by atoms with E-state index in [1.165, 1.54) is 0 Å². The quantitative estimate of drug-likeness (QED) is 0.809. The summed E-state index contributed by atoms with van der Waals surface area (Å²) in [6, 6.07) is 3.66. The Morgan fingerprint density at radius 2 is 2.50 bits per heavy atom. The molecule has 86 valence electrons. The molecule has 16 heavy (non-hydrogen) atoms. The van der Waals surface area contributed by atoms with Crippen LogP contribution in [0.25, 0.3) is 0 Å². The second-order valence-electron chi connectivity index (χ2n) is 3.56. The largest absolute Gasteiger partial charge is 0.447 e. The zero-order valence-electron chi connectivity index (χ0n) is 8.93. The van der Waals surface area contributed by atoms with Gasteiger partial charge in [0.15, 0.2) is 0 Å². The molecule has 1 aliphatic heterocycles. The zero-order chi connectivity index (χ0) is 11.4. The van der Waals surface area contributed by atoms with E-state index in [2.05, 4.69) is 4.98 Å². The van der Waals surface area contributed by atoms with E-state index in [0.717, 1.165) is 24.2 Å². The fourth-order valence-electron chi connectivity index (χ4n) is 1.79. The van der Waals surface area contributed by atoms with Gasteiger partial charge in [-0.3, -0.25) is 9.88 Å². The van der Waals surface area contributed by atoms with E-state index >= 15 is 0 Å². The fraction of sp³-hybridized carbons (Fsp3) is 0.455. The number of fused-ring (bicyclic) bond motifs is 1. The third-order valence-corrected chi connectivity index (χ3v) is 2.49. The first-order valence-electron chi connectivity index (χ1n) is 5.32. The molecule has 1 N–H and O–H groups in total. The molecular formula is C11H14N2O3. The number of anilines is 1. The van der Waals surface area contributed by atoms with Gasteiger partial charge in [0.05, 0.1) is 18.0 Å². The lowest BCUT2D eigenvalue weighted by molar-refractivity contribution is 0.124. The van der Waals surface area contributed by atoms with Crippen LogP contribution in [0.1, 0.15) is 12.1 Å². The molecule has 1 aromatic heterocycles. The standard InChI is InChI=1S/C11H14N2O3/c14-7-8-16-11(15)13-6-2-3-9-10(13)4-1-5-12-9/h1,4-5,14H,2-3,6-8H2. The third-order valence-electron chi connectivity index (χ3n) is 2.49. The Labute approximate surface area is 93.7 Å². The van der Waals surface area contributed by atoms with Crippen molar-refractivity contribution in [2.75, 3.05) is 24.7 Å². The normalized spacial score (nSPS) is 14.4. The van der Waals surface area contributed by atoms with Gasteiger partial charge in [0.2, 0.25) is 0 Å². The lowest BCUT2D eigenvalue weighted by atomic mass is 10.1. The van der Waals surface area contributed by atoms with E-state index in [4.69, 9.17) is 9.84 Å². The summed E-state index contributed by atoms with van der Waals surface area (Å²) in [7, 11) is 0. The maximum absolute atomic E-state index is 11.7. The van der Waals surface area contributed by atoms with E-state index < -0.39 is 6.09 Å². The molecule has 5 nitrogen and oxygen atoms in total. The SMILES string of the molecule is O=C(OCCO)N1CCCc2ncccc21. The van der Waals surface area contributed by atoms with E-state index in [1.807, 2.05) is 6.07 Å². The molecule has 1 aromatic rings. The minimum atomic E-state index is -0.414. The number of pyridine rings is 1. The predicted octanol–water partition coefficient (Wildman–Crippen LogP) is 0.963. The summed E-state index contributed by atoms with van der Waals surface area (Å²) in [4.78, 5) is 17.5. The molecular weight excluding hydrogens is 208 g/mol. The van der Waals surface area contributed by atoms with Crippen LogP contribution >= 0.6 is 0 Å². The molecule has 0 bridgehead atoms. The Morgan fingerprint density at radius 3 is 3.31 bits per heavy atom. The van der Waals surface area contributed by atoms with Gasteiger partial charge in [-0.2, -0.15) is 0 Å². The van der Waals surface area contributed by atoms with Crippen LogP contribution in [0, 0.1) is 0 Å². The number of carbonyl (C=O) groups is 1. The number of aromatic nitrogens is 1. The number of ether oxygens (including phenoxy) is 1. The maximum atomic E-state index is 11.7. The van der Waals surface area contributed by atoms with Gasteiger partial charge in [0, 0.05) is 12.7 Å². The lowest BCUT2D eigenvalue weighted by Gasteiger charge is -2.27. The zero-order valence-corrected chi connectivity index (χ0v) is 8.93. The van der Waals surface area contributed by atoms with E-state index in [0.29, 0.717) is 6.54 Å². The highest BCUT2D eigenvalue weighted by Crippen LogP contribution is 2.25. The van der Waals surface area contributed by atoms with Crippen molar-refractivity contribution in [3.8, 4) is 0 Å². The number of aryl methyl sites for hydroxylation is 1. The molecule has 0 atom stereocenters. The van der Waals surface area contributed by atoms with Crippen molar-refractivity contribution in [1.82, 2.24) is 4.98 Å². The summed E-state index contributed by atoms with van der Waals surface area (Å²) in [5, 5.41) is 8.60. The van der Waals surface area contributed by atoms with Crippen molar-refractivity contribution in [2.45, 2.75) is 12.8 Å². The van der Waals surface area contributed by atoms with Crippen molar-refractivity contribution in [3.63, 3.8) is 0 Å². The summed E-state index contributed by atoms with van der Waals surface area (Å²) in [6.45, 7) is 0.521. The molecule has 2 heterocycles. The van der Waals surface area contributed by atoms with Crippen LogP contribution < -0.4 is 4.90 Å². The molecule has 0 fully saturated rings. The van der Waals surface area contributed by atoms with Gasteiger partial charge in [-0.15, -0.1) is 0 Å². The lowest BCUT2D eigenvalue weighted by Crippen LogP contribution is -2.36. The van der Waals surface area contributed by atoms with Gasteiger partial charge < -0.3 is 9.84 Å². The van der Waals surface area contributed by atoms with Crippen LogP contribution in [0.2, 0.25) is 0 Å². The molecule has 0 radical (unpaired) electrons. The average Bonchev–Trinajstić information content (AvgIpc) is 2.35. The summed E-state index contributed by atoms with van der Waals surface area (Å²) >= 11 is 0. The highest BCUT2D eigenvalue weighted by molar-refractivity contribution is 5.88. The molecule has 1 amide bonds. The number of hydrogen-bond acceptors (Lipinski definition) is 4. The number of amides is 1. The molecule has 2 rings (SSSR count). The second kappa shape index (κ2) is 4.94. The van der Waals surface area contributed by atoms with E-state index in [1.54, 1.807) is 17.2 Å².